The molecule has 0 spiro atoms. The molecule has 2 heterocycles. The molecule has 3 N–H and O–H groups in total. The van der Waals surface area contributed by atoms with E-state index in [9.17, 15) is 33.9 Å². The molecular weight excluding hydrogens is 592 g/mol. The lowest BCUT2D eigenvalue weighted by molar-refractivity contribution is -0.142. The molecule has 4 aliphatic rings. The number of fused-ring (bicyclic) bond motifs is 4. The summed E-state index contributed by atoms with van der Waals surface area (Å²) in [6, 6.07) is 4.51. The number of carbonyl (C=O) groups is 6. The third-order valence-corrected chi connectivity index (χ3v) is 10.0. The summed E-state index contributed by atoms with van der Waals surface area (Å²) >= 11 is 6.63. The molecule has 1 saturated carbocycles. The van der Waals surface area contributed by atoms with Crippen LogP contribution in [0, 0.1) is 29.6 Å². The van der Waals surface area contributed by atoms with E-state index in [2.05, 4.69) is 0 Å². The molecule has 0 radical (unpaired) electrons. The molecule has 2 saturated heterocycles. The standard InChI is InChI=1S/C32H37ClN2O9/c33-23-15-17(36)9-10-19(23)26-18-11-12-20-27(31(43)34(29(20)41)13-5-1-3-7-24(37)38)21(18)16-22-28(26)32(44)35(30(22)42)14-6-2-4-8-25(39)40/h9-11,15,20-22,26-28,36H,1-8,12-14,16H2,(H,37,38)(H,39,40). The van der Waals surface area contributed by atoms with Crippen molar-refractivity contribution in [3.63, 3.8) is 0 Å². The van der Waals surface area contributed by atoms with Gasteiger partial charge in [-0.05, 0) is 62.1 Å². The van der Waals surface area contributed by atoms with E-state index in [1.165, 1.54) is 21.9 Å². The fourth-order valence-corrected chi connectivity index (χ4v) is 8.01. The Hall–Kier alpha value is -3.73. The number of nitrogens with zero attached hydrogens (tertiary/aromatic N) is 2. The molecular formula is C32H37ClN2O9. The number of imide groups is 2. The minimum Gasteiger partial charge on any atom is -0.508 e. The highest BCUT2D eigenvalue weighted by Gasteiger charge is 2.61. The summed E-state index contributed by atoms with van der Waals surface area (Å²) in [7, 11) is 0. The van der Waals surface area contributed by atoms with E-state index in [0.717, 1.165) is 5.57 Å². The Labute approximate surface area is 259 Å². The lowest BCUT2D eigenvalue weighted by Gasteiger charge is -2.44. The average Bonchev–Trinajstić information content (AvgIpc) is 3.35. The highest BCUT2D eigenvalue weighted by atomic mass is 35.5. The van der Waals surface area contributed by atoms with Gasteiger partial charge < -0.3 is 15.3 Å². The summed E-state index contributed by atoms with van der Waals surface area (Å²) in [6.07, 6.45) is 5.52. The first-order chi connectivity index (χ1) is 21.0. The number of halogens is 1. The lowest BCUT2D eigenvalue weighted by atomic mass is 9.57. The summed E-state index contributed by atoms with van der Waals surface area (Å²) in [5.41, 5.74) is 1.39. The van der Waals surface area contributed by atoms with Crippen LogP contribution in [0.25, 0.3) is 0 Å². The zero-order chi connectivity index (χ0) is 31.7. The molecule has 5 rings (SSSR count). The monoisotopic (exact) mass is 628 g/mol. The number of carbonyl (C=O) groups excluding carboxylic acids is 4. The number of hydrogen-bond donors (Lipinski definition) is 3. The van der Waals surface area contributed by atoms with Crippen molar-refractivity contribution >= 4 is 47.2 Å². The molecule has 236 valence electrons. The van der Waals surface area contributed by atoms with Crippen molar-refractivity contribution in [2.75, 3.05) is 13.1 Å². The molecule has 11 nitrogen and oxygen atoms in total. The number of phenols is 1. The molecule has 12 heteroatoms. The fraction of sp³-hybridized carbons (Fsp3) is 0.562. The zero-order valence-electron chi connectivity index (χ0n) is 24.3. The van der Waals surface area contributed by atoms with Gasteiger partial charge in [-0.3, -0.25) is 38.6 Å². The number of aromatic hydroxyl groups is 1. The van der Waals surface area contributed by atoms with E-state index < -0.39 is 47.4 Å². The van der Waals surface area contributed by atoms with Gasteiger partial charge in [0.2, 0.25) is 23.6 Å². The van der Waals surface area contributed by atoms with Crippen LogP contribution < -0.4 is 0 Å². The molecule has 0 aromatic heterocycles. The predicted molar refractivity (Wildman–Crippen MR) is 156 cm³/mol. The SMILES string of the molecule is O=C(O)CCCCCN1C(=O)C2CC=C3C(CC4C(=O)N(CCCCCC(=O)O)C(=O)C4C3c3ccc(O)cc3Cl)C2C1=O. The molecule has 6 unspecified atom stereocenters. The molecule has 2 aliphatic carbocycles. The smallest absolute Gasteiger partial charge is 0.303 e. The second-order valence-corrected chi connectivity index (χ2v) is 12.7. The Morgan fingerprint density at radius 1 is 0.750 bits per heavy atom. The lowest BCUT2D eigenvalue weighted by Crippen LogP contribution is -2.43. The van der Waals surface area contributed by atoms with Gasteiger partial charge in [0.1, 0.15) is 5.75 Å². The van der Waals surface area contributed by atoms with E-state index in [-0.39, 0.29) is 66.8 Å². The summed E-state index contributed by atoms with van der Waals surface area (Å²) in [5, 5.41) is 28.1. The van der Waals surface area contributed by atoms with E-state index >= 15 is 0 Å². The summed E-state index contributed by atoms with van der Waals surface area (Å²) < 4.78 is 0. The van der Waals surface area contributed by atoms with Crippen LogP contribution in [-0.2, 0) is 28.8 Å². The van der Waals surface area contributed by atoms with Crippen LogP contribution >= 0.6 is 11.6 Å². The van der Waals surface area contributed by atoms with Crippen molar-refractivity contribution in [3.8, 4) is 5.75 Å². The van der Waals surface area contributed by atoms with Crippen molar-refractivity contribution in [2.24, 2.45) is 29.6 Å². The molecule has 2 aliphatic heterocycles. The molecule has 1 aromatic rings. The number of benzene rings is 1. The minimum atomic E-state index is -0.899. The summed E-state index contributed by atoms with van der Waals surface area (Å²) in [6.45, 7) is 0.377. The molecule has 1 aromatic carbocycles. The van der Waals surface area contributed by atoms with Gasteiger partial charge in [-0.25, -0.2) is 0 Å². The van der Waals surface area contributed by atoms with Crippen LogP contribution in [0.3, 0.4) is 0 Å². The molecule has 0 bridgehead atoms. The Morgan fingerprint density at radius 2 is 1.32 bits per heavy atom. The fourth-order valence-electron chi connectivity index (χ4n) is 7.72. The topological polar surface area (TPSA) is 170 Å². The number of unbranched alkanes of at least 4 members (excludes halogenated alkanes) is 4. The number of phenolic OH excluding ortho intramolecular Hbond substituents is 1. The first-order valence-electron chi connectivity index (χ1n) is 15.3. The number of carboxylic acid groups (broad SMARTS) is 2. The average molecular weight is 629 g/mol. The van der Waals surface area contributed by atoms with Gasteiger partial charge in [0.05, 0.1) is 23.7 Å². The van der Waals surface area contributed by atoms with Crippen molar-refractivity contribution in [2.45, 2.75) is 70.1 Å². The van der Waals surface area contributed by atoms with Crippen LogP contribution in [0.5, 0.6) is 5.75 Å². The Kier molecular flexibility index (Phi) is 9.43. The number of aliphatic carboxylic acids is 2. The highest BCUT2D eigenvalue weighted by Crippen LogP contribution is 2.58. The Bertz CT molecular complexity index is 1410. The van der Waals surface area contributed by atoms with Gasteiger partial charge in [0.25, 0.3) is 0 Å². The number of rotatable bonds is 13. The predicted octanol–water partition coefficient (Wildman–Crippen LogP) is 3.97. The van der Waals surface area contributed by atoms with Crippen molar-refractivity contribution in [3.05, 3.63) is 40.4 Å². The van der Waals surface area contributed by atoms with Gasteiger partial charge in [-0.2, -0.15) is 0 Å². The zero-order valence-corrected chi connectivity index (χ0v) is 25.1. The summed E-state index contributed by atoms with van der Waals surface area (Å²) in [5.74, 6) is -6.83. The molecule has 6 atom stereocenters. The maximum Gasteiger partial charge on any atom is 0.303 e. The quantitative estimate of drug-likeness (QED) is 0.166. The maximum absolute atomic E-state index is 13.9. The number of likely N-dealkylation sites (tertiary alicyclic amines) is 2. The van der Waals surface area contributed by atoms with E-state index in [1.807, 2.05) is 6.08 Å². The largest absolute Gasteiger partial charge is 0.508 e. The molecule has 4 amide bonds. The maximum atomic E-state index is 13.9. The van der Waals surface area contributed by atoms with Gasteiger partial charge in [0, 0.05) is 36.9 Å². The van der Waals surface area contributed by atoms with Gasteiger partial charge in [-0.1, -0.05) is 42.2 Å². The van der Waals surface area contributed by atoms with E-state index in [1.54, 1.807) is 6.07 Å². The third-order valence-electron chi connectivity index (χ3n) is 9.69. The van der Waals surface area contributed by atoms with E-state index in [0.29, 0.717) is 50.5 Å². The van der Waals surface area contributed by atoms with Crippen LogP contribution in [0.4, 0.5) is 0 Å². The van der Waals surface area contributed by atoms with Gasteiger partial charge in [0.15, 0.2) is 0 Å². The Balaban J connectivity index is 1.41. The first kappa shape index (κ1) is 31.7. The number of amides is 4. The van der Waals surface area contributed by atoms with Crippen LogP contribution in [0.2, 0.25) is 5.02 Å². The Morgan fingerprint density at radius 3 is 1.89 bits per heavy atom. The van der Waals surface area contributed by atoms with Crippen LogP contribution in [0.1, 0.15) is 75.7 Å². The minimum absolute atomic E-state index is 0.0130. The van der Waals surface area contributed by atoms with E-state index in [4.69, 9.17) is 21.8 Å². The molecule has 44 heavy (non-hydrogen) atoms. The second kappa shape index (κ2) is 13.1. The van der Waals surface area contributed by atoms with Crippen molar-refractivity contribution in [1.82, 2.24) is 9.80 Å². The number of hydrogen-bond acceptors (Lipinski definition) is 7. The number of allylic oxidation sites excluding steroid dienone is 2. The third kappa shape index (κ3) is 5.98. The highest BCUT2D eigenvalue weighted by molar-refractivity contribution is 6.31. The molecule has 3 fully saturated rings. The first-order valence-corrected chi connectivity index (χ1v) is 15.7. The summed E-state index contributed by atoms with van der Waals surface area (Å²) in [4.78, 5) is 79.1. The van der Waals surface area contributed by atoms with Crippen molar-refractivity contribution < 1.29 is 44.1 Å². The number of carboxylic acids is 2. The van der Waals surface area contributed by atoms with Crippen molar-refractivity contribution in [1.29, 1.82) is 0 Å². The normalized spacial score (nSPS) is 27.7. The van der Waals surface area contributed by atoms with Crippen LogP contribution in [0.15, 0.2) is 29.8 Å². The second-order valence-electron chi connectivity index (χ2n) is 12.3. The van der Waals surface area contributed by atoms with Gasteiger partial charge in [-0.15, -0.1) is 0 Å². The van der Waals surface area contributed by atoms with Gasteiger partial charge >= 0.3 is 11.9 Å². The van der Waals surface area contributed by atoms with Crippen LogP contribution in [-0.4, -0.2) is 73.8 Å².